The lowest BCUT2D eigenvalue weighted by Crippen LogP contribution is -2.48. The molecule has 1 fully saturated rings. The Labute approximate surface area is 190 Å². The number of anilines is 1. The van der Waals surface area contributed by atoms with Crippen LogP contribution in [0.1, 0.15) is 45.2 Å². The number of benzene rings is 2. The van der Waals surface area contributed by atoms with Gasteiger partial charge in [-0.25, -0.2) is 13.1 Å². The van der Waals surface area contributed by atoms with Gasteiger partial charge >= 0.3 is 0 Å². The second kappa shape index (κ2) is 8.84. The van der Waals surface area contributed by atoms with Gasteiger partial charge in [0.05, 0.1) is 17.1 Å². The molecule has 7 nitrogen and oxygen atoms in total. The summed E-state index contributed by atoms with van der Waals surface area (Å²) in [6.07, 6.45) is 2.25. The van der Waals surface area contributed by atoms with Crippen LogP contribution in [0.15, 0.2) is 53.4 Å². The summed E-state index contributed by atoms with van der Waals surface area (Å²) in [5, 5.41) is 0. The van der Waals surface area contributed by atoms with Crippen LogP contribution in [0.25, 0.3) is 0 Å². The molecule has 2 heterocycles. The Bertz CT molecular complexity index is 1080. The Kier molecular flexibility index (Phi) is 6.29. The van der Waals surface area contributed by atoms with Gasteiger partial charge < -0.3 is 9.64 Å². The monoisotopic (exact) mass is 457 g/mol. The van der Waals surface area contributed by atoms with Crippen molar-refractivity contribution < 1.29 is 17.9 Å². The molecule has 0 spiro atoms. The van der Waals surface area contributed by atoms with Gasteiger partial charge in [-0.15, -0.1) is 0 Å². The van der Waals surface area contributed by atoms with Gasteiger partial charge in [-0.3, -0.25) is 9.69 Å². The van der Waals surface area contributed by atoms with E-state index in [4.69, 9.17) is 4.74 Å². The lowest BCUT2D eigenvalue weighted by Gasteiger charge is -2.39. The van der Waals surface area contributed by atoms with Gasteiger partial charge in [0.1, 0.15) is 11.4 Å². The van der Waals surface area contributed by atoms with Crippen LogP contribution in [-0.4, -0.2) is 51.0 Å². The quantitative estimate of drug-likeness (QED) is 0.720. The molecule has 2 aliphatic rings. The number of carbonyl (C=O) groups is 1. The third kappa shape index (κ3) is 4.82. The van der Waals surface area contributed by atoms with Gasteiger partial charge in [0.2, 0.25) is 15.9 Å². The summed E-state index contributed by atoms with van der Waals surface area (Å²) < 4.78 is 35.2. The molecule has 0 aliphatic carbocycles. The number of hydrogen-bond acceptors (Lipinski definition) is 5. The van der Waals surface area contributed by atoms with E-state index in [9.17, 15) is 13.2 Å². The van der Waals surface area contributed by atoms with E-state index in [1.807, 2.05) is 44.2 Å². The molecular formula is C24H31N3O4S. The summed E-state index contributed by atoms with van der Waals surface area (Å²) in [5.41, 5.74) is 1.04. The number of nitrogens with zero attached hydrogens (tertiary/aromatic N) is 2. The van der Waals surface area contributed by atoms with Gasteiger partial charge in [0.25, 0.3) is 0 Å². The smallest absolute Gasteiger partial charge is 0.240 e. The maximum absolute atomic E-state index is 13.2. The number of sulfonamides is 1. The molecule has 2 aromatic rings. The van der Waals surface area contributed by atoms with Crippen LogP contribution in [0, 0.1) is 0 Å². The maximum Gasteiger partial charge on any atom is 0.240 e. The van der Waals surface area contributed by atoms with Crippen LogP contribution in [0.3, 0.4) is 0 Å². The number of amides is 1. The molecule has 0 radical (unpaired) electrons. The number of carbonyl (C=O) groups excluding carboxylic acids is 1. The number of nitrogens with one attached hydrogen (secondary N) is 1. The first kappa shape index (κ1) is 22.8. The summed E-state index contributed by atoms with van der Waals surface area (Å²) in [6.45, 7) is 7.84. The minimum absolute atomic E-state index is 0.0241. The highest BCUT2D eigenvalue weighted by Gasteiger charge is 2.35. The first-order valence-corrected chi connectivity index (χ1v) is 12.5. The molecule has 4 rings (SSSR count). The van der Waals surface area contributed by atoms with Crippen LogP contribution >= 0.6 is 0 Å². The van der Waals surface area contributed by atoms with Crippen LogP contribution in [-0.2, 0) is 14.8 Å². The Morgan fingerprint density at radius 1 is 1.12 bits per heavy atom. The molecule has 172 valence electrons. The number of fused-ring (bicyclic) bond motifs is 1. The molecule has 1 saturated heterocycles. The second-order valence-electron chi connectivity index (χ2n) is 9.12. The van der Waals surface area contributed by atoms with E-state index < -0.39 is 15.6 Å². The third-order valence-corrected chi connectivity index (χ3v) is 7.49. The SMILES string of the molecule is CC(=O)N1CC(C)(C)Oc2ccc(S(=O)(=O)NCC(c3ccccc3)N3CCCC3)cc21. The highest BCUT2D eigenvalue weighted by atomic mass is 32.2. The predicted molar refractivity (Wildman–Crippen MR) is 124 cm³/mol. The molecule has 0 bridgehead atoms. The summed E-state index contributed by atoms with van der Waals surface area (Å²) in [5.74, 6) is 0.359. The molecule has 1 amide bonds. The number of rotatable bonds is 6. The van der Waals surface area contributed by atoms with Crippen molar-refractivity contribution in [2.45, 2.75) is 50.2 Å². The van der Waals surface area contributed by atoms with E-state index >= 15 is 0 Å². The van der Waals surface area contributed by atoms with Crippen molar-refractivity contribution in [1.82, 2.24) is 9.62 Å². The molecule has 2 aromatic carbocycles. The zero-order valence-electron chi connectivity index (χ0n) is 18.9. The topological polar surface area (TPSA) is 78.9 Å². The first-order valence-electron chi connectivity index (χ1n) is 11.1. The minimum Gasteiger partial charge on any atom is -0.484 e. The Morgan fingerprint density at radius 2 is 1.81 bits per heavy atom. The van der Waals surface area contributed by atoms with E-state index in [2.05, 4.69) is 9.62 Å². The zero-order chi connectivity index (χ0) is 22.9. The second-order valence-corrected chi connectivity index (χ2v) is 10.9. The van der Waals surface area contributed by atoms with Crippen molar-refractivity contribution in [1.29, 1.82) is 0 Å². The standard InChI is InChI=1S/C24H31N3O4S/c1-18(28)27-17-24(2,3)31-23-12-11-20(15-21(23)27)32(29,30)25-16-22(26-13-7-8-14-26)19-9-5-4-6-10-19/h4-6,9-12,15,22,25H,7-8,13-14,16-17H2,1-3H3. The third-order valence-electron chi connectivity index (χ3n) is 6.07. The van der Waals surface area contributed by atoms with Crippen molar-refractivity contribution in [2.24, 2.45) is 0 Å². The van der Waals surface area contributed by atoms with Crippen molar-refractivity contribution in [3.8, 4) is 5.75 Å². The molecule has 2 aliphatic heterocycles. The van der Waals surface area contributed by atoms with Crippen molar-refractivity contribution >= 4 is 21.6 Å². The average Bonchev–Trinajstić information content (AvgIpc) is 3.27. The van der Waals surface area contributed by atoms with Gasteiger partial charge in [-0.05, 0) is 63.5 Å². The van der Waals surface area contributed by atoms with Crippen LogP contribution in [0.2, 0.25) is 0 Å². The first-order chi connectivity index (χ1) is 15.2. The molecule has 0 saturated carbocycles. The molecule has 1 unspecified atom stereocenters. The molecule has 1 atom stereocenters. The van der Waals surface area contributed by atoms with E-state index in [0.29, 0.717) is 18.0 Å². The van der Waals surface area contributed by atoms with E-state index in [1.54, 1.807) is 11.0 Å². The maximum atomic E-state index is 13.2. The molecule has 0 aromatic heterocycles. The normalized spacial score (nSPS) is 19.3. The van der Waals surface area contributed by atoms with Crippen LogP contribution < -0.4 is 14.4 Å². The Hall–Kier alpha value is -2.42. The minimum atomic E-state index is -3.77. The van der Waals surface area contributed by atoms with Crippen LogP contribution in [0.4, 0.5) is 5.69 Å². The van der Waals surface area contributed by atoms with Gasteiger partial charge in [0, 0.05) is 19.5 Å². The fraction of sp³-hybridized carbons (Fsp3) is 0.458. The fourth-order valence-electron chi connectivity index (χ4n) is 4.50. The molecule has 1 N–H and O–H groups in total. The van der Waals surface area contributed by atoms with E-state index in [-0.39, 0.29) is 23.4 Å². The van der Waals surface area contributed by atoms with Crippen molar-refractivity contribution in [3.05, 3.63) is 54.1 Å². The van der Waals surface area contributed by atoms with Crippen molar-refractivity contribution in [3.63, 3.8) is 0 Å². The Balaban J connectivity index is 1.58. The Morgan fingerprint density at radius 3 is 2.47 bits per heavy atom. The van der Waals surface area contributed by atoms with Gasteiger partial charge in [0.15, 0.2) is 0 Å². The summed E-state index contributed by atoms with van der Waals surface area (Å²) in [6, 6.07) is 14.7. The molecule has 8 heteroatoms. The lowest BCUT2D eigenvalue weighted by atomic mass is 10.1. The van der Waals surface area contributed by atoms with Gasteiger partial charge in [-0.2, -0.15) is 0 Å². The summed E-state index contributed by atoms with van der Waals surface area (Å²) >= 11 is 0. The predicted octanol–water partition coefficient (Wildman–Crippen LogP) is 3.33. The van der Waals surface area contributed by atoms with Crippen molar-refractivity contribution in [2.75, 3.05) is 31.1 Å². The molecular weight excluding hydrogens is 426 g/mol. The zero-order valence-corrected chi connectivity index (χ0v) is 19.7. The van der Waals surface area contributed by atoms with Gasteiger partial charge in [-0.1, -0.05) is 30.3 Å². The highest BCUT2D eigenvalue weighted by Crippen LogP contribution is 2.38. The van der Waals surface area contributed by atoms with Crippen LogP contribution in [0.5, 0.6) is 5.75 Å². The largest absolute Gasteiger partial charge is 0.484 e. The summed E-state index contributed by atoms with van der Waals surface area (Å²) in [4.78, 5) is 16.3. The highest BCUT2D eigenvalue weighted by molar-refractivity contribution is 7.89. The summed E-state index contributed by atoms with van der Waals surface area (Å²) in [7, 11) is -3.77. The van der Waals surface area contributed by atoms with E-state index in [1.165, 1.54) is 19.1 Å². The number of ether oxygens (including phenoxy) is 1. The molecule has 32 heavy (non-hydrogen) atoms. The lowest BCUT2D eigenvalue weighted by molar-refractivity contribution is -0.117. The number of hydrogen-bond donors (Lipinski definition) is 1. The average molecular weight is 458 g/mol. The number of likely N-dealkylation sites (tertiary alicyclic amines) is 1. The fourth-order valence-corrected chi connectivity index (χ4v) is 5.55. The van der Waals surface area contributed by atoms with E-state index in [0.717, 1.165) is 31.5 Å².